The number of imide groups is 1. The summed E-state index contributed by atoms with van der Waals surface area (Å²) in [4.78, 5) is 39.4. The van der Waals surface area contributed by atoms with Crippen molar-refractivity contribution in [3.8, 4) is 11.5 Å². The molecule has 7 nitrogen and oxygen atoms in total. The minimum Gasteiger partial charge on any atom is -0.490 e. The average Bonchev–Trinajstić information content (AvgIpc) is 2.93. The molecule has 7 heteroatoms. The topological polar surface area (TPSA) is 84.9 Å². The fraction of sp³-hybridized carbons (Fsp3) is 0.348. The largest absolute Gasteiger partial charge is 0.490 e. The normalized spacial score (nSPS) is 20.7. The molecule has 1 saturated heterocycles. The molecule has 2 aliphatic heterocycles. The van der Waals surface area contributed by atoms with E-state index in [-0.39, 0.29) is 12.3 Å². The summed E-state index contributed by atoms with van der Waals surface area (Å²) in [6.07, 6.45) is 1.64. The third-order valence-corrected chi connectivity index (χ3v) is 5.59. The van der Waals surface area contributed by atoms with Crippen LogP contribution in [0.1, 0.15) is 41.8 Å². The van der Waals surface area contributed by atoms with Crippen LogP contribution in [0.2, 0.25) is 0 Å². The maximum atomic E-state index is 13.2. The molecule has 30 heavy (non-hydrogen) atoms. The lowest BCUT2D eigenvalue weighted by atomic mass is 9.91. The number of carbonyl (C=O) groups excluding carboxylic acids is 3. The number of ether oxygens (including phenoxy) is 2. The summed E-state index contributed by atoms with van der Waals surface area (Å²) >= 11 is 0. The number of aryl methyl sites for hydroxylation is 1. The van der Waals surface area contributed by atoms with Crippen LogP contribution in [0.25, 0.3) is 0 Å². The van der Waals surface area contributed by atoms with Crippen molar-refractivity contribution >= 4 is 17.7 Å². The second-order valence-electron chi connectivity index (χ2n) is 7.63. The number of hydrogen-bond donors (Lipinski definition) is 1. The van der Waals surface area contributed by atoms with Gasteiger partial charge in [-0.15, -0.1) is 0 Å². The van der Waals surface area contributed by atoms with Crippen molar-refractivity contribution in [2.45, 2.75) is 32.2 Å². The van der Waals surface area contributed by atoms with Gasteiger partial charge in [-0.25, -0.2) is 4.79 Å². The lowest BCUT2D eigenvalue weighted by Crippen LogP contribution is -2.41. The van der Waals surface area contributed by atoms with Crippen molar-refractivity contribution in [2.24, 2.45) is 0 Å². The van der Waals surface area contributed by atoms with Crippen LogP contribution in [0.5, 0.6) is 11.5 Å². The Labute approximate surface area is 175 Å². The van der Waals surface area contributed by atoms with Gasteiger partial charge in [-0.2, -0.15) is 0 Å². The molecule has 0 radical (unpaired) electrons. The zero-order valence-electron chi connectivity index (χ0n) is 17.1. The Morgan fingerprint density at radius 2 is 1.77 bits per heavy atom. The third-order valence-electron chi connectivity index (χ3n) is 5.59. The van der Waals surface area contributed by atoms with Crippen molar-refractivity contribution in [1.29, 1.82) is 0 Å². The minimum absolute atomic E-state index is 0.288. The highest BCUT2D eigenvalue weighted by atomic mass is 16.5. The van der Waals surface area contributed by atoms with Gasteiger partial charge in [0.25, 0.3) is 5.91 Å². The van der Waals surface area contributed by atoms with Crippen molar-refractivity contribution in [1.82, 2.24) is 10.2 Å². The van der Waals surface area contributed by atoms with Crippen LogP contribution in [0.3, 0.4) is 0 Å². The molecule has 2 aliphatic rings. The molecule has 1 N–H and O–H groups in total. The van der Waals surface area contributed by atoms with E-state index in [4.69, 9.17) is 9.47 Å². The second kappa shape index (κ2) is 7.82. The van der Waals surface area contributed by atoms with Gasteiger partial charge < -0.3 is 14.8 Å². The van der Waals surface area contributed by atoms with Gasteiger partial charge in [-0.3, -0.25) is 14.5 Å². The maximum absolute atomic E-state index is 13.2. The Morgan fingerprint density at radius 1 is 1.07 bits per heavy atom. The van der Waals surface area contributed by atoms with Gasteiger partial charge in [0.05, 0.1) is 19.8 Å². The van der Waals surface area contributed by atoms with Gasteiger partial charge in [-0.1, -0.05) is 37.3 Å². The Bertz CT molecular complexity index is 1000. The van der Waals surface area contributed by atoms with Crippen molar-refractivity contribution in [3.05, 3.63) is 59.2 Å². The molecule has 0 aliphatic carbocycles. The van der Waals surface area contributed by atoms with E-state index in [0.717, 1.165) is 23.3 Å². The lowest BCUT2D eigenvalue weighted by molar-refractivity contribution is -0.130. The zero-order valence-corrected chi connectivity index (χ0v) is 17.1. The van der Waals surface area contributed by atoms with E-state index in [1.54, 1.807) is 37.3 Å². The number of ketones is 1. The quantitative estimate of drug-likeness (QED) is 0.607. The minimum atomic E-state index is -1.28. The van der Waals surface area contributed by atoms with Gasteiger partial charge in [-0.05, 0) is 36.6 Å². The monoisotopic (exact) mass is 408 g/mol. The molecule has 1 atom stereocenters. The van der Waals surface area contributed by atoms with Gasteiger partial charge >= 0.3 is 6.03 Å². The fourth-order valence-electron chi connectivity index (χ4n) is 3.67. The standard InChI is InChI=1S/C23H24N2O5/c1-3-15-5-7-16(8-6-15)18(26)14-25-21(27)23(2,24-22(25)28)17-9-10-19-20(13-17)30-12-4-11-29-19/h5-10,13H,3-4,11-12,14H2,1-2H3,(H,24,28)/t23-/m0/s1. The predicted octanol–water partition coefficient (Wildman–Crippen LogP) is 3.06. The van der Waals surface area contributed by atoms with Gasteiger partial charge in [0.15, 0.2) is 17.3 Å². The van der Waals surface area contributed by atoms with E-state index in [2.05, 4.69) is 5.32 Å². The SMILES string of the molecule is CCc1ccc(C(=O)CN2C(=O)N[C@@](C)(c3ccc4c(c3)OCCCO4)C2=O)cc1. The Balaban J connectivity index is 1.55. The van der Waals surface area contributed by atoms with E-state index in [9.17, 15) is 14.4 Å². The number of benzene rings is 2. The average molecular weight is 408 g/mol. The summed E-state index contributed by atoms with van der Waals surface area (Å²) in [6, 6.07) is 11.8. The molecule has 3 amide bonds. The number of hydrogen-bond acceptors (Lipinski definition) is 5. The molecule has 0 saturated carbocycles. The number of urea groups is 1. The van der Waals surface area contributed by atoms with E-state index in [0.29, 0.717) is 35.8 Å². The summed E-state index contributed by atoms with van der Waals surface area (Å²) in [5.41, 5.74) is 0.876. The summed E-state index contributed by atoms with van der Waals surface area (Å²) in [5.74, 6) is 0.391. The summed E-state index contributed by atoms with van der Waals surface area (Å²) in [6.45, 7) is 4.44. The first kappa shape index (κ1) is 19.9. The van der Waals surface area contributed by atoms with Crippen LogP contribution < -0.4 is 14.8 Å². The van der Waals surface area contributed by atoms with Crippen LogP contribution in [0, 0.1) is 0 Å². The number of nitrogens with zero attached hydrogens (tertiary/aromatic N) is 1. The molecule has 1 fully saturated rings. The smallest absolute Gasteiger partial charge is 0.325 e. The number of amides is 3. The van der Waals surface area contributed by atoms with Crippen LogP contribution in [0.4, 0.5) is 4.79 Å². The van der Waals surface area contributed by atoms with Crippen molar-refractivity contribution in [3.63, 3.8) is 0 Å². The molecule has 0 aromatic heterocycles. The first-order valence-corrected chi connectivity index (χ1v) is 10.1. The number of nitrogens with one attached hydrogen (secondary N) is 1. The summed E-state index contributed by atoms with van der Waals surface area (Å²) in [5, 5.41) is 2.73. The number of carbonyl (C=O) groups is 3. The highest BCUT2D eigenvalue weighted by molar-refractivity contribution is 6.11. The Morgan fingerprint density at radius 3 is 2.47 bits per heavy atom. The predicted molar refractivity (Wildman–Crippen MR) is 110 cm³/mol. The van der Waals surface area contributed by atoms with E-state index < -0.39 is 17.5 Å². The molecule has 2 heterocycles. The van der Waals surface area contributed by atoms with E-state index in [1.165, 1.54) is 0 Å². The lowest BCUT2D eigenvalue weighted by Gasteiger charge is -2.23. The van der Waals surface area contributed by atoms with Gasteiger partial charge in [0.1, 0.15) is 5.54 Å². The molecule has 0 spiro atoms. The van der Waals surface area contributed by atoms with Gasteiger partial charge in [0.2, 0.25) is 0 Å². The molecular formula is C23H24N2O5. The molecule has 0 bridgehead atoms. The zero-order chi connectivity index (χ0) is 21.3. The van der Waals surface area contributed by atoms with E-state index >= 15 is 0 Å². The first-order valence-electron chi connectivity index (χ1n) is 10.1. The first-order chi connectivity index (χ1) is 14.4. The second-order valence-corrected chi connectivity index (χ2v) is 7.63. The van der Waals surface area contributed by atoms with Crippen LogP contribution in [-0.4, -0.2) is 42.4 Å². The highest BCUT2D eigenvalue weighted by Crippen LogP contribution is 2.36. The Kier molecular flexibility index (Phi) is 5.20. The fourth-order valence-corrected chi connectivity index (χ4v) is 3.67. The highest BCUT2D eigenvalue weighted by Gasteiger charge is 2.49. The number of rotatable bonds is 5. The van der Waals surface area contributed by atoms with Crippen molar-refractivity contribution < 1.29 is 23.9 Å². The summed E-state index contributed by atoms with van der Waals surface area (Å²) < 4.78 is 11.3. The van der Waals surface area contributed by atoms with E-state index in [1.807, 2.05) is 19.1 Å². The number of fused-ring (bicyclic) bond motifs is 1. The van der Waals surface area contributed by atoms with Crippen LogP contribution in [0.15, 0.2) is 42.5 Å². The molecule has 4 rings (SSSR count). The van der Waals surface area contributed by atoms with Crippen molar-refractivity contribution in [2.75, 3.05) is 19.8 Å². The third kappa shape index (κ3) is 3.51. The molecular weight excluding hydrogens is 384 g/mol. The number of Topliss-reactive ketones (excluding diaryl/α,β-unsaturated/α-hetero) is 1. The molecule has 2 aromatic carbocycles. The molecule has 2 aromatic rings. The van der Waals surface area contributed by atoms with Gasteiger partial charge in [0, 0.05) is 12.0 Å². The Hall–Kier alpha value is -3.35. The van der Waals surface area contributed by atoms with Crippen LogP contribution >= 0.6 is 0 Å². The van der Waals surface area contributed by atoms with Crippen LogP contribution in [-0.2, 0) is 16.8 Å². The summed E-state index contributed by atoms with van der Waals surface area (Å²) in [7, 11) is 0. The maximum Gasteiger partial charge on any atom is 0.325 e. The molecule has 0 unspecified atom stereocenters. The molecule has 156 valence electrons.